The second-order valence-electron chi connectivity index (χ2n) is 6.09. The number of hydrogen-bond donors (Lipinski definition) is 0. The number of ether oxygens (including phenoxy) is 2. The summed E-state index contributed by atoms with van der Waals surface area (Å²) in [6.45, 7) is 1.54. The van der Waals surface area contributed by atoms with Gasteiger partial charge in [0.15, 0.2) is 21.3 Å². The molecule has 2 aliphatic heterocycles. The highest BCUT2D eigenvalue weighted by atomic mass is 32.2. The minimum Gasteiger partial charge on any atom is -0.493 e. The first-order valence-electron chi connectivity index (χ1n) is 7.96. The Morgan fingerprint density at radius 3 is 2.96 bits per heavy atom. The second-order valence-corrected chi connectivity index (χ2v) is 8.02. The minimum atomic E-state index is -3.13. The third kappa shape index (κ3) is 3.72. The number of hydrogen-bond acceptors (Lipinski definition) is 5. The Labute approximate surface area is 142 Å². The van der Waals surface area contributed by atoms with Crippen LogP contribution in [0, 0.1) is 5.92 Å². The summed E-state index contributed by atoms with van der Waals surface area (Å²) in [4.78, 5) is 14.4. The third-order valence-electron chi connectivity index (χ3n) is 4.25. The highest BCUT2D eigenvalue weighted by molar-refractivity contribution is 7.94. The molecule has 0 unspecified atom stereocenters. The lowest BCUT2D eigenvalue weighted by molar-refractivity contribution is -0.132. The van der Waals surface area contributed by atoms with Gasteiger partial charge < -0.3 is 14.4 Å². The number of methoxy groups -OCH3 is 1. The van der Waals surface area contributed by atoms with Gasteiger partial charge in [-0.05, 0) is 12.5 Å². The van der Waals surface area contributed by atoms with Crippen molar-refractivity contribution in [1.82, 2.24) is 4.90 Å². The van der Waals surface area contributed by atoms with Crippen molar-refractivity contribution in [3.63, 3.8) is 0 Å². The zero-order valence-corrected chi connectivity index (χ0v) is 14.4. The molecular formula is C17H21NO5S. The summed E-state index contributed by atoms with van der Waals surface area (Å²) < 4.78 is 34.1. The summed E-state index contributed by atoms with van der Waals surface area (Å²) >= 11 is 0. The van der Waals surface area contributed by atoms with Gasteiger partial charge in [-0.25, -0.2) is 8.42 Å². The van der Waals surface area contributed by atoms with E-state index in [1.165, 1.54) is 5.41 Å². The molecule has 1 aromatic carbocycles. The van der Waals surface area contributed by atoms with E-state index in [4.69, 9.17) is 9.47 Å². The van der Waals surface area contributed by atoms with Gasteiger partial charge >= 0.3 is 0 Å². The lowest BCUT2D eigenvalue weighted by atomic mass is 10.1. The van der Waals surface area contributed by atoms with Crippen LogP contribution < -0.4 is 9.47 Å². The predicted molar refractivity (Wildman–Crippen MR) is 89.6 cm³/mol. The van der Waals surface area contributed by atoms with Crippen molar-refractivity contribution >= 4 is 15.7 Å². The molecule has 130 valence electrons. The Morgan fingerprint density at radius 2 is 2.25 bits per heavy atom. The van der Waals surface area contributed by atoms with Gasteiger partial charge in [0.2, 0.25) is 5.91 Å². The number of carbonyl (C=O) groups excluding carboxylic acids is 1. The largest absolute Gasteiger partial charge is 0.493 e. The van der Waals surface area contributed by atoms with Gasteiger partial charge in [-0.3, -0.25) is 4.79 Å². The van der Waals surface area contributed by atoms with Crippen molar-refractivity contribution in [2.24, 2.45) is 5.92 Å². The smallest absolute Gasteiger partial charge is 0.223 e. The summed E-state index contributed by atoms with van der Waals surface area (Å²) in [5.41, 5.74) is 0.900. The van der Waals surface area contributed by atoms with E-state index in [9.17, 15) is 13.2 Å². The second kappa shape index (κ2) is 6.84. The van der Waals surface area contributed by atoms with Crippen molar-refractivity contribution in [3.8, 4) is 11.5 Å². The molecule has 2 aliphatic rings. The van der Waals surface area contributed by atoms with Crippen molar-refractivity contribution in [1.29, 1.82) is 0 Å². The molecule has 0 aromatic heterocycles. The minimum absolute atomic E-state index is 0.0279. The fourth-order valence-electron chi connectivity index (χ4n) is 3.06. The highest BCUT2D eigenvalue weighted by Gasteiger charge is 2.27. The van der Waals surface area contributed by atoms with Crippen LogP contribution in [0.5, 0.6) is 11.5 Å². The summed E-state index contributed by atoms with van der Waals surface area (Å²) in [7, 11) is -1.54. The summed E-state index contributed by atoms with van der Waals surface area (Å²) in [6, 6.07) is 5.63. The molecule has 1 amide bonds. The van der Waals surface area contributed by atoms with E-state index in [-0.39, 0.29) is 24.0 Å². The molecule has 0 saturated heterocycles. The topological polar surface area (TPSA) is 72.9 Å². The molecule has 0 saturated carbocycles. The number of allylic oxidation sites excluding steroid dienone is 1. The van der Waals surface area contributed by atoms with Crippen molar-refractivity contribution in [2.75, 3.05) is 26.0 Å². The van der Waals surface area contributed by atoms with Crippen molar-refractivity contribution in [2.45, 2.75) is 19.4 Å². The van der Waals surface area contributed by atoms with E-state index in [2.05, 4.69) is 0 Å². The van der Waals surface area contributed by atoms with Crippen molar-refractivity contribution in [3.05, 3.63) is 35.2 Å². The van der Waals surface area contributed by atoms with Crippen LogP contribution in [0.3, 0.4) is 0 Å². The number of amides is 1. The van der Waals surface area contributed by atoms with Gasteiger partial charge in [-0.2, -0.15) is 0 Å². The van der Waals surface area contributed by atoms with Gasteiger partial charge in [0.1, 0.15) is 0 Å². The van der Waals surface area contributed by atoms with Crippen LogP contribution in [0.4, 0.5) is 0 Å². The maximum absolute atomic E-state index is 12.6. The fourth-order valence-corrected chi connectivity index (χ4v) is 4.46. The molecule has 2 heterocycles. The zero-order valence-electron chi connectivity index (χ0n) is 13.6. The maximum Gasteiger partial charge on any atom is 0.223 e. The van der Waals surface area contributed by atoms with Crippen molar-refractivity contribution < 1.29 is 22.7 Å². The number of sulfone groups is 1. The molecule has 1 aromatic rings. The maximum atomic E-state index is 12.6. The van der Waals surface area contributed by atoms with Crippen LogP contribution in [-0.4, -0.2) is 45.2 Å². The predicted octanol–water partition coefficient (Wildman–Crippen LogP) is 1.75. The Kier molecular flexibility index (Phi) is 4.80. The number of benzene rings is 1. The molecule has 3 rings (SSSR count). The molecule has 7 heteroatoms. The van der Waals surface area contributed by atoms with Crippen LogP contribution in [0.1, 0.15) is 18.4 Å². The van der Waals surface area contributed by atoms with E-state index in [0.29, 0.717) is 31.2 Å². The molecule has 6 nitrogen and oxygen atoms in total. The quantitative estimate of drug-likeness (QED) is 0.830. The number of para-hydroxylation sites is 1. The van der Waals surface area contributed by atoms with E-state index in [1.807, 2.05) is 18.2 Å². The molecule has 0 aliphatic carbocycles. The monoisotopic (exact) mass is 351 g/mol. The van der Waals surface area contributed by atoms with Gasteiger partial charge in [-0.15, -0.1) is 0 Å². The third-order valence-corrected chi connectivity index (χ3v) is 5.72. The summed E-state index contributed by atoms with van der Waals surface area (Å²) in [6.07, 6.45) is 2.56. The van der Waals surface area contributed by atoms with Gasteiger partial charge in [0, 0.05) is 36.4 Å². The lowest BCUT2D eigenvalue weighted by Gasteiger charge is -2.28. The molecule has 24 heavy (non-hydrogen) atoms. The number of carbonyl (C=O) groups is 1. The molecule has 1 atom stereocenters. The average molecular weight is 351 g/mol. The first-order valence-corrected chi connectivity index (χ1v) is 9.67. The highest BCUT2D eigenvalue weighted by Crippen LogP contribution is 2.33. The molecular weight excluding hydrogens is 330 g/mol. The normalized spacial score (nSPS) is 22.2. The molecule has 0 radical (unpaired) electrons. The van der Waals surface area contributed by atoms with Gasteiger partial charge in [0.25, 0.3) is 0 Å². The lowest BCUT2D eigenvalue weighted by Crippen LogP contribution is -2.35. The van der Waals surface area contributed by atoms with E-state index in [1.54, 1.807) is 18.1 Å². The Morgan fingerprint density at radius 1 is 1.42 bits per heavy atom. The van der Waals surface area contributed by atoms with Crippen LogP contribution in [-0.2, 0) is 21.2 Å². The van der Waals surface area contributed by atoms with E-state index < -0.39 is 9.84 Å². The first kappa shape index (κ1) is 16.8. The first-order chi connectivity index (χ1) is 11.5. The van der Waals surface area contributed by atoms with E-state index >= 15 is 0 Å². The Balaban J connectivity index is 1.74. The van der Waals surface area contributed by atoms with Gasteiger partial charge in [-0.1, -0.05) is 18.2 Å². The summed E-state index contributed by atoms with van der Waals surface area (Å²) in [5, 5.41) is 1.21. The average Bonchev–Trinajstić information content (AvgIpc) is 2.86. The Hall–Kier alpha value is -2.02. The molecule has 0 spiro atoms. The number of nitrogens with zero attached hydrogens (tertiary/aromatic N) is 1. The van der Waals surface area contributed by atoms with Gasteiger partial charge in [0.05, 0.1) is 19.5 Å². The number of fused-ring (bicyclic) bond motifs is 1. The SMILES string of the molecule is COc1cccc2c1OCCCN(C(=O)C[C@@H]1C=CS(=O)(=O)C1)C2. The van der Waals surface area contributed by atoms with Crippen LogP contribution >= 0.6 is 0 Å². The van der Waals surface area contributed by atoms with Crippen LogP contribution in [0.15, 0.2) is 29.7 Å². The molecule has 0 fully saturated rings. The Bertz CT molecular complexity index is 756. The van der Waals surface area contributed by atoms with Crippen LogP contribution in [0.2, 0.25) is 0 Å². The fraction of sp³-hybridized carbons (Fsp3) is 0.471. The van der Waals surface area contributed by atoms with Crippen LogP contribution in [0.25, 0.3) is 0 Å². The van der Waals surface area contributed by atoms with E-state index in [0.717, 1.165) is 12.0 Å². The molecule has 0 bridgehead atoms. The summed E-state index contributed by atoms with van der Waals surface area (Å²) in [5.74, 6) is 1.11. The molecule has 0 N–H and O–H groups in total. The number of rotatable bonds is 3. The zero-order chi connectivity index (χ0) is 17.2. The standard InChI is InChI=1S/C17H21NO5S/c1-22-15-5-2-4-14-11-18(7-3-8-23-17(14)15)16(19)10-13-6-9-24(20,21)12-13/h2,4-6,9,13H,3,7-8,10-12H2,1H3/t13-/m0/s1.